The highest BCUT2D eigenvalue weighted by Crippen LogP contribution is 2.15. The van der Waals surface area contributed by atoms with Crippen molar-refractivity contribution in [3.63, 3.8) is 0 Å². The molecule has 5 heteroatoms. The van der Waals surface area contributed by atoms with Gasteiger partial charge in [-0.25, -0.2) is 0 Å². The first-order chi connectivity index (χ1) is 7.91. The third-order valence-electron chi connectivity index (χ3n) is 2.45. The summed E-state index contributed by atoms with van der Waals surface area (Å²) in [5.41, 5.74) is 6.63. The predicted octanol–water partition coefficient (Wildman–Crippen LogP) is 0.263. The van der Waals surface area contributed by atoms with Crippen LogP contribution in [0.2, 0.25) is 0 Å². The van der Waals surface area contributed by atoms with E-state index < -0.39 is 18.1 Å². The van der Waals surface area contributed by atoms with E-state index in [1.54, 1.807) is 24.3 Å². The minimum atomic E-state index is -1.13. The SMILES string of the molecule is CC(=O)C(O)c1ccc(CC(N)C(=O)O)cc1. The van der Waals surface area contributed by atoms with Gasteiger partial charge in [0.05, 0.1) is 0 Å². The fourth-order valence-electron chi connectivity index (χ4n) is 1.41. The molecule has 5 nitrogen and oxygen atoms in total. The van der Waals surface area contributed by atoms with E-state index in [1.165, 1.54) is 6.92 Å². The lowest BCUT2D eigenvalue weighted by molar-refractivity contribution is -0.138. The van der Waals surface area contributed by atoms with Crippen molar-refractivity contribution in [1.82, 2.24) is 0 Å². The number of aliphatic carboxylic acids is 1. The van der Waals surface area contributed by atoms with Crippen LogP contribution in [0.3, 0.4) is 0 Å². The predicted molar refractivity (Wildman–Crippen MR) is 61.4 cm³/mol. The van der Waals surface area contributed by atoms with Crippen molar-refractivity contribution in [2.24, 2.45) is 5.73 Å². The first-order valence-corrected chi connectivity index (χ1v) is 5.17. The maximum absolute atomic E-state index is 10.9. The molecular weight excluding hydrogens is 222 g/mol. The highest BCUT2D eigenvalue weighted by Gasteiger charge is 2.14. The molecule has 0 aliphatic rings. The van der Waals surface area contributed by atoms with Crippen LogP contribution in [0.1, 0.15) is 24.2 Å². The van der Waals surface area contributed by atoms with Gasteiger partial charge >= 0.3 is 5.97 Å². The second kappa shape index (κ2) is 5.56. The summed E-state index contributed by atoms with van der Waals surface area (Å²) in [7, 11) is 0. The summed E-state index contributed by atoms with van der Waals surface area (Å²) in [6.07, 6.45) is -0.914. The molecule has 0 radical (unpaired) electrons. The molecule has 0 aliphatic carbocycles. The zero-order valence-corrected chi connectivity index (χ0v) is 9.46. The Bertz CT molecular complexity index is 413. The fourth-order valence-corrected chi connectivity index (χ4v) is 1.41. The van der Waals surface area contributed by atoms with Crippen LogP contribution < -0.4 is 5.73 Å². The van der Waals surface area contributed by atoms with Crippen LogP contribution in [0.4, 0.5) is 0 Å². The Balaban J connectivity index is 2.75. The molecular formula is C12H15NO4. The minimum Gasteiger partial charge on any atom is -0.480 e. The number of Topliss-reactive ketones (excluding diaryl/α,β-unsaturated/α-hetero) is 1. The smallest absolute Gasteiger partial charge is 0.320 e. The summed E-state index contributed by atoms with van der Waals surface area (Å²) in [4.78, 5) is 21.5. The molecule has 0 saturated carbocycles. The summed E-state index contributed by atoms with van der Waals surface area (Å²) in [6, 6.07) is 5.55. The van der Waals surface area contributed by atoms with E-state index in [9.17, 15) is 14.7 Å². The Hall–Kier alpha value is -1.72. The molecule has 0 fully saturated rings. The highest BCUT2D eigenvalue weighted by molar-refractivity contribution is 5.81. The topological polar surface area (TPSA) is 101 Å². The minimum absolute atomic E-state index is 0.214. The van der Waals surface area contributed by atoms with E-state index in [-0.39, 0.29) is 12.2 Å². The molecule has 0 saturated heterocycles. The zero-order valence-electron chi connectivity index (χ0n) is 9.46. The van der Waals surface area contributed by atoms with Gasteiger partial charge in [-0.15, -0.1) is 0 Å². The summed E-state index contributed by atoms with van der Waals surface area (Å²) >= 11 is 0. The number of aliphatic hydroxyl groups excluding tert-OH is 1. The van der Waals surface area contributed by atoms with Crippen LogP contribution in [0.15, 0.2) is 24.3 Å². The number of carboxylic acid groups (broad SMARTS) is 1. The van der Waals surface area contributed by atoms with Gasteiger partial charge in [0.2, 0.25) is 0 Å². The molecule has 1 aromatic rings. The van der Waals surface area contributed by atoms with Gasteiger partial charge in [-0.1, -0.05) is 24.3 Å². The average molecular weight is 237 g/mol. The van der Waals surface area contributed by atoms with Crippen molar-refractivity contribution >= 4 is 11.8 Å². The molecule has 17 heavy (non-hydrogen) atoms. The number of carbonyl (C=O) groups is 2. The zero-order chi connectivity index (χ0) is 13.0. The van der Waals surface area contributed by atoms with Crippen LogP contribution in [0, 0.1) is 0 Å². The van der Waals surface area contributed by atoms with E-state index in [1.807, 2.05) is 0 Å². The molecule has 0 aromatic heterocycles. The largest absolute Gasteiger partial charge is 0.480 e. The van der Waals surface area contributed by atoms with Gasteiger partial charge in [0.1, 0.15) is 12.1 Å². The van der Waals surface area contributed by atoms with E-state index in [0.29, 0.717) is 5.56 Å². The lowest BCUT2D eigenvalue weighted by Crippen LogP contribution is -2.32. The van der Waals surface area contributed by atoms with Crippen molar-refractivity contribution in [3.05, 3.63) is 35.4 Å². The molecule has 2 unspecified atom stereocenters. The third kappa shape index (κ3) is 3.65. The number of nitrogens with two attached hydrogens (primary N) is 1. The fraction of sp³-hybridized carbons (Fsp3) is 0.333. The number of benzene rings is 1. The van der Waals surface area contributed by atoms with Crippen LogP contribution >= 0.6 is 0 Å². The Labute approximate surface area is 98.9 Å². The van der Waals surface area contributed by atoms with Crippen molar-refractivity contribution in [2.45, 2.75) is 25.5 Å². The summed E-state index contributed by atoms with van der Waals surface area (Å²) in [5.74, 6) is -1.39. The maximum Gasteiger partial charge on any atom is 0.320 e. The van der Waals surface area contributed by atoms with Gasteiger partial charge in [0.25, 0.3) is 0 Å². The van der Waals surface area contributed by atoms with E-state index >= 15 is 0 Å². The molecule has 92 valence electrons. The van der Waals surface area contributed by atoms with E-state index in [2.05, 4.69) is 0 Å². The second-order valence-corrected chi connectivity index (χ2v) is 3.90. The Morgan fingerprint density at radius 2 is 1.82 bits per heavy atom. The van der Waals surface area contributed by atoms with Crippen LogP contribution in [-0.4, -0.2) is 28.0 Å². The number of hydrogen-bond donors (Lipinski definition) is 3. The lowest BCUT2D eigenvalue weighted by atomic mass is 10.0. The van der Waals surface area contributed by atoms with Crippen LogP contribution in [0.25, 0.3) is 0 Å². The molecule has 4 N–H and O–H groups in total. The van der Waals surface area contributed by atoms with Gasteiger partial charge in [0, 0.05) is 0 Å². The Kier molecular flexibility index (Phi) is 4.37. The summed E-state index contributed by atoms with van der Waals surface area (Å²) < 4.78 is 0. The highest BCUT2D eigenvalue weighted by atomic mass is 16.4. The Morgan fingerprint density at radius 3 is 2.24 bits per heavy atom. The molecule has 0 spiro atoms. The number of carbonyl (C=O) groups excluding carboxylic acids is 1. The van der Waals surface area contributed by atoms with Gasteiger partial charge in [-0.05, 0) is 24.5 Å². The van der Waals surface area contributed by atoms with Crippen LogP contribution in [-0.2, 0) is 16.0 Å². The standard InChI is InChI=1S/C12H15NO4/c1-7(14)11(15)9-4-2-8(3-5-9)6-10(13)12(16)17/h2-5,10-11,15H,6,13H2,1H3,(H,16,17). The summed E-state index contributed by atoms with van der Waals surface area (Å²) in [5, 5.41) is 18.1. The van der Waals surface area contributed by atoms with Gasteiger partial charge < -0.3 is 15.9 Å². The van der Waals surface area contributed by atoms with Crippen LogP contribution in [0.5, 0.6) is 0 Å². The van der Waals surface area contributed by atoms with E-state index in [4.69, 9.17) is 10.8 Å². The van der Waals surface area contributed by atoms with Crippen molar-refractivity contribution < 1.29 is 19.8 Å². The lowest BCUT2D eigenvalue weighted by Gasteiger charge is -2.09. The maximum atomic E-state index is 10.9. The second-order valence-electron chi connectivity index (χ2n) is 3.90. The molecule has 0 amide bonds. The molecule has 1 aromatic carbocycles. The first-order valence-electron chi connectivity index (χ1n) is 5.17. The Morgan fingerprint density at radius 1 is 1.29 bits per heavy atom. The third-order valence-corrected chi connectivity index (χ3v) is 2.45. The average Bonchev–Trinajstić information content (AvgIpc) is 2.28. The van der Waals surface area contributed by atoms with Crippen molar-refractivity contribution in [1.29, 1.82) is 0 Å². The number of hydrogen-bond acceptors (Lipinski definition) is 4. The number of carboxylic acids is 1. The quantitative estimate of drug-likeness (QED) is 0.682. The number of aliphatic hydroxyl groups is 1. The molecule has 0 bridgehead atoms. The van der Waals surface area contributed by atoms with Gasteiger partial charge in [-0.2, -0.15) is 0 Å². The van der Waals surface area contributed by atoms with Gasteiger partial charge in [-0.3, -0.25) is 9.59 Å². The summed E-state index contributed by atoms with van der Waals surface area (Å²) in [6.45, 7) is 1.30. The molecule has 1 rings (SSSR count). The van der Waals surface area contributed by atoms with Crippen molar-refractivity contribution in [3.8, 4) is 0 Å². The molecule has 2 atom stereocenters. The molecule has 0 heterocycles. The molecule has 0 aliphatic heterocycles. The number of rotatable bonds is 5. The monoisotopic (exact) mass is 237 g/mol. The van der Waals surface area contributed by atoms with E-state index in [0.717, 1.165) is 5.56 Å². The normalized spacial score (nSPS) is 14.1. The first kappa shape index (κ1) is 13.3. The van der Waals surface area contributed by atoms with Gasteiger partial charge in [0.15, 0.2) is 5.78 Å². The van der Waals surface area contributed by atoms with Crippen molar-refractivity contribution in [2.75, 3.05) is 0 Å². The number of ketones is 1.